The molecule has 1 unspecified atom stereocenters. The zero-order chi connectivity index (χ0) is 29.6. The second-order valence-electron chi connectivity index (χ2n) is 10.2. The van der Waals surface area contributed by atoms with Crippen LogP contribution in [0.5, 0.6) is 11.5 Å². The van der Waals surface area contributed by atoms with Crippen LogP contribution in [-0.4, -0.2) is 48.3 Å². The second-order valence-corrected chi connectivity index (χ2v) is 10.2. The van der Waals surface area contributed by atoms with Gasteiger partial charge in [0.25, 0.3) is 5.56 Å². The number of aromatic nitrogens is 1. The highest BCUT2D eigenvalue weighted by Gasteiger charge is 2.42. The molecule has 0 aliphatic carbocycles. The van der Waals surface area contributed by atoms with Crippen molar-refractivity contribution in [2.24, 2.45) is 5.41 Å². The van der Waals surface area contributed by atoms with Crippen molar-refractivity contribution in [3.63, 3.8) is 0 Å². The minimum atomic E-state index is -1.34. The van der Waals surface area contributed by atoms with Gasteiger partial charge in [-0.3, -0.25) is 9.59 Å². The summed E-state index contributed by atoms with van der Waals surface area (Å²) in [5, 5.41) is 12.8. The SMILES string of the molecule is CCOc1cc(CNCCC2(CC)CC(=O)N(c3c[nH]c(=O)c(C(=O)O)c3)C2)cc(OCC)c1-c1ccc(F)cc1. The Labute approximate surface area is 238 Å². The number of hydrogen-bond donors (Lipinski definition) is 3. The highest BCUT2D eigenvalue weighted by Crippen LogP contribution is 2.41. The number of pyridine rings is 1. The molecule has 4 rings (SSSR count). The van der Waals surface area contributed by atoms with Gasteiger partial charge in [0.1, 0.15) is 22.9 Å². The average Bonchev–Trinajstić information content (AvgIpc) is 3.29. The van der Waals surface area contributed by atoms with E-state index in [-0.39, 0.29) is 17.1 Å². The van der Waals surface area contributed by atoms with Crippen molar-refractivity contribution < 1.29 is 28.6 Å². The van der Waals surface area contributed by atoms with Gasteiger partial charge >= 0.3 is 5.97 Å². The van der Waals surface area contributed by atoms with E-state index >= 15 is 0 Å². The molecule has 3 aromatic rings. The first kappa shape index (κ1) is 29.8. The lowest BCUT2D eigenvalue weighted by molar-refractivity contribution is -0.117. The number of carboxylic acids is 1. The van der Waals surface area contributed by atoms with Gasteiger partial charge in [-0.25, -0.2) is 9.18 Å². The number of halogens is 1. The number of carbonyl (C=O) groups is 2. The van der Waals surface area contributed by atoms with Gasteiger partial charge in [-0.2, -0.15) is 0 Å². The van der Waals surface area contributed by atoms with Crippen molar-refractivity contribution in [1.82, 2.24) is 10.3 Å². The van der Waals surface area contributed by atoms with Gasteiger partial charge in [0.2, 0.25) is 5.91 Å². The quantitative estimate of drug-likeness (QED) is 0.250. The summed E-state index contributed by atoms with van der Waals surface area (Å²) in [6, 6.07) is 11.4. The van der Waals surface area contributed by atoms with Crippen LogP contribution in [0.15, 0.2) is 53.5 Å². The van der Waals surface area contributed by atoms with Crippen LogP contribution < -0.4 is 25.2 Å². The fourth-order valence-electron chi connectivity index (χ4n) is 5.27. The molecule has 0 bridgehead atoms. The molecular formula is C31H36FN3O6. The Morgan fingerprint density at radius 1 is 1.07 bits per heavy atom. The van der Waals surface area contributed by atoms with E-state index in [2.05, 4.69) is 10.3 Å². The van der Waals surface area contributed by atoms with Gasteiger partial charge in [-0.15, -0.1) is 0 Å². The lowest BCUT2D eigenvalue weighted by atomic mass is 9.81. The van der Waals surface area contributed by atoms with Gasteiger partial charge in [0, 0.05) is 25.7 Å². The van der Waals surface area contributed by atoms with E-state index in [0.717, 1.165) is 29.5 Å². The maximum Gasteiger partial charge on any atom is 0.341 e. The number of anilines is 1. The third-order valence-electron chi connectivity index (χ3n) is 7.52. The molecule has 1 saturated heterocycles. The number of rotatable bonds is 13. The highest BCUT2D eigenvalue weighted by atomic mass is 19.1. The summed E-state index contributed by atoms with van der Waals surface area (Å²) in [6.45, 7) is 8.41. The summed E-state index contributed by atoms with van der Waals surface area (Å²) >= 11 is 0. The van der Waals surface area contributed by atoms with Crippen LogP contribution in [0.1, 0.15) is 56.0 Å². The first-order valence-electron chi connectivity index (χ1n) is 13.9. The number of H-pyrrole nitrogens is 1. The molecule has 1 fully saturated rings. The van der Waals surface area contributed by atoms with Crippen LogP contribution in [0.4, 0.5) is 10.1 Å². The van der Waals surface area contributed by atoms with E-state index in [1.165, 1.54) is 24.4 Å². The van der Waals surface area contributed by atoms with E-state index in [1.807, 2.05) is 32.9 Å². The summed E-state index contributed by atoms with van der Waals surface area (Å²) in [6.07, 6.45) is 3.22. The minimum Gasteiger partial charge on any atom is -0.493 e. The number of benzene rings is 2. The Kier molecular flexibility index (Phi) is 9.44. The number of hydrogen-bond acceptors (Lipinski definition) is 6. The van der Waals surface area contributed by atoms with Gasteiger partial charge in [0.15, 0.2) is 0 Å². The molecule has 41 heavy (non-hydrogen) atoms. The standard InChI is InChI=1S/C31H36FN3O6/c1-4-31(16-27(36)35(19-31)23-15-24(30(38)39)29(37)34-18-23)11-12-33-17-20-13-25(40-5-2)28(26(14-20)41-6-3)21-7-9-22(32)10-8-21/h7-10,13-15,18,33H,4-6,11-12,16-17,19H2,1-3H3,(H,34,37)(H,38,39). The Hall–Kier alpha value is -4.18. The molecule has 2 aromatic carbocycles. The van der Waals surface area contributed by atoms with E-state index in [1.54, 1.807) is 17.0 Å². The fraction of sp³-hybridized carbons (Fsp3) is 0.387. The first-order chi connectivity index (χ1) is 19.7. The highest BCUT2D eigenvalue weighted by molar-refractivity contribution is 5.97. The Bertz CT molecular complexity index is 1430. The molecule has 3 N–H and O–H groups in total. The monoisotopic (exact) mass is 565 g/mol. The lowest BCUT2D eigenvalue weighted by Crippen LogP contribution is -2.31. The molecule has 0 spiro atoms. The van der Waals surface area contributed by atoms with Crippen molar-refractivity contribution in [3.8, 4) is 22.6 Å². The molecule has 0 saturated carbocycles. The zero-order valence-corrected chi connectivity index (χ0v) is 23.6. The van der Waals surface area contributed by atoms with Crippen LogP contribution in [0.25, 0.3) is 11.1 Å². The van der Waals surface area contributed by atoms with Crippen LogP contribution in [-0.2, 0) is 11.3 Å². The number of aromatic carboxylic acids is 1. The summed E-state index contributed by atoms with van der Waals surface area (Å²) in [4.78, 5) is 40.2. The van der Waals surface area contributed by atoms with E-state index in [9.17, 15) is 23.9 Å². The maximum absolute atomic E-state index is 13.6. The Morgan fingerprint density at radius 3 is 2.32 bits per heavy atom. The summed E-state index contributed by atoms with van der Waals surface area (Å²) in [5.74, 6) is -0.437. The molecular weight excluding hydrogens is 529 g/mol. The Balaban J connectivity index is 1.46. The molecule has 1 atom stereocenters. The molecule has 9 nitrogen and oxygen atoms in total. The number of amides is 1. The van der Waals surface area contributed by atoms with Gasteiger partial charge in [-0.1, -0.05) is 19.1 Å². The second kappa shape index (κ2) is 13.0. The summed E-state index contributed by atoms with van der Waals surface area (Å²) < 4.78 is 25.5. The number of nitrogens with zero attached hydrogens (tertiary/aromatic N) is 1. The van der Waals surface area contributed by atoms with Crippen LogP contribution >= 0.6 is 0 Å². The number of carbonyl (C=O) groups excluding carboxylic acids is 1. The molecule has 1 aliphatic rings. The van der Waals surface area contributed by atoms with Gasteiger partial charge in [0.05, 0.1) is 24.5 Å². The number of ether oxygens (including phenoxy) is 2. The van der Waals surface area contributed by atoms with E-state index < -0.39 is 17.1 Å². The van der Waals surface area contributed by atoms with Crippen molar-refractivity contribution >= 4 is 17.6 Å². The fourth-order valence-corrected chi connectivity index (χ4v) is 5.27. The topological polar surface area (TPSA) is 121 Å². The molecule has 10 heteroatoms. The van der Waals surface area contributed by atoms with Crippen molar-refractivity contribution in [1.29, 1.82) is 0 Å². The van der Waals surface area contributed by atoms with Crippen LogP contribution in [0.2, 0.25) is 0 Å². The molecule has 1 amide bonds. The molecule has 1 aromatic heterocycles. The molecule has 218 valence electrons. The zero-order valence-electron chi connectivity index (χ0n) is 23.6. The predicted molar refractivity (Wildman–Crippen MR) is 154 cm³/mol. The normalized spacial score (nSPS) is 16.7. The number of nitrogens with one attached hydrogen (secondary N) is 2. The van der Waals surface area contributed by atoms with Crippen LogP contribution in [0, 0.1) is 11.2 Å². The number of carboxylic acid groups (broad SMARTS) is 1. The van der Waals surface area contributed by atoms with E-state index in [4.69, 9.17) is 9.47 Å². The maximum atomic E-state index is 13.6. The van der Waals surface area contributed by atoms with Crippen molar-refractivity contribution in [3.05, 3.63) is 76.0 Å². The summed E-state index contributed by atoms with van der Waals surface area (Å²) in [5.41, 5.74) is 1.54. The predicted octanol–water partition coefficient (Wildman–Crippen LogP) is 4.99. The largest absolute Gasteiger partial charge is 0.493 e. The smallest absolute Gasteiger partial charge is 0.341 e. The third kappa shape index (κ3) is 6.77. The van der Waals surface area contributed by atoms with Crippen molar-refractivity contribution in [2.45, 2.75) is 46.6 Å². The number of aromatic amines is 1. The Morgan fingerprint density at radius 2 is 1.73 bits per heavy atom. The van der Waals surface area contributed by atoms with Crippen molar-refractivity contribution in [2.75, 3.05) is 31.2 Å². The first-order valence-corrected chi connectivity index (χ1v) is 13.9. The molecule has 2 heterocycles. The van der Waals surface area contributed by atoms with Gasteiger partial charge in [-0.05, 0) is 80.1 Å². The lowest BCUT2D eigenvalue weighted by Gasteiger charge is -2.27. The van der Waals surface area contributed by atoms with Gasteiger partial charge < -0.3 is 29.8 Å². The molecule has 0 radical (unpaired) electrons. The average molecular weight is 566 g/mol. The molecule has 1 aliphatic heterocycles. The van der Waals surface area contributed by atoms with Crippen LogP contribution in [0.3, 0.4) is 0 Å². The minimum absolute atomic E-state index is 0.102. The van der Waals surface area contributed by atoms with E-state index in [0.29, 0.717) is 56.5 Å². The third-order valence-corrected chi connectivity index (χ3v) is 7.52. The summed E-state index contributed by atoms with van der Waals surface area (Å²) in [7, 11) is 0.